The molecule has 1 aliphatic rings. The molecule has 0 spiro atoms. The van der Waals surface area contributed by atoms with Crippen molar-refractivity contribution in [2.24, 2.45) is 0 Å². The number of hydrogen-bond donors (Lipinski definition) is 3. The fourth-order valence-electron chi connectivity index (χ4n) is 2.30. The zero-order valence-electron chi connectivity index (χ0n) is 13.2. The van der Waals surface area contributed by atoms with Gasteiger partial charge in [-0.3, -0.25) is 4.79 Å². The molecule has 0 aliphatic carbocycles. The van der Waals surface area contributed by atoms with Crippen LogP contribution in [0.1, 0.15) is 0 Å². The first kappa shape index (κ1) is 17.3. The number of nitrogens with zero attached hydrogens (tertiary/aromatic N) is 4. The Kier molecular flexibility index (Phi) is 4.95. The number of carbonyl (C=O) groups excluding carboxylic acids is 2. The Labute approximate surface area is 150 Å². The van der Waals surface area contributed by atoms with Crippen LogP contribution in [0.15, 0.2) is 16.9 Å². The van der Waals surface area contributed by atoms with E-state index in [1.54, 1.807) is 12.3 Å². The molecule has 25 heavy (non-hydrogen) atoms. The van der Waals surface area contributed by atoms with Crippen molar-refractivity contribution in [2.75, 3.05) is 37.0 Å². The summed E-state index contributed by atoms with van der Waals surface area (Å²) in [6.07, 6.45) is 0.783. The van der Waals surface area contributed by atoms with Crippen LogP contribution in [-0.2, 0) is 9.53 Å². The highest BCUT2D eigenvalue weighted by atomic mass is 79.9. The number of amides is 2. The maximum atomic E-state index is 11.6. The van der Waals surface area contributed by atoms with Gasteiger partial charge in [0.05, 0.1) is 24.8 Å². The van der Waals surface area contributed by atoms with Crippen LogP contribution in [0.25, 0.3) is 11.0 Å². The highest BCUT2D eigenvalue weighted by Crippen LogP contribution is 2.29. The zero-order chi connectivity index (χ0) is 18.0. The van der Waals surface area contributed by atoms with Crippen LogP contribution >= 0.6 is 15.9 Å². The van der Waals surface area contributed by atoms with E-state index in [0.29, 0.717) is 34.5 Å². The van der Waals surface area contributed by atoms with E-state index in [1.807, 2.05) is 4.90 Å². The van der Waals surface area contributed by atoms with Crippen molar-refractivity contribution in [2.45, 2.75) is 6.10 Å². The summed E-state index contributed by atoms with van der Waals surface area (Å²) in [7, 11) is 1.49. The zero-order valence-corrected chi connectivity index (χ0v) is 14.8. The fraction of sp³-hybridized carbons (Fsp3) is 0.357. The molecule has 1 aliphatic heterocycles. The van der Waals surface area contributed by atoms with Gasteiger partial charge in [0.2, 0.25) is 0 Å². The van der Waals surface area contributed by atoms with Gasteiger partial charge < -0.3 is 25.4 Å². The third kappa shape index (κ3) is 3.77. The molecule has 0 bridgehead atoms. The average Bonchev–Trinajstić information content (AvgIpc) is 2.57. The molecule has 10 nitrogen and oxygen atoms in total. The lowest BCUT2D eigenvalue weighted by Gasteiger charge is -2.39. The van der Waals surface area contributed by atoms with Crippen molar-refractivity contribution in [3.63, 3.8) is 0 Å². The van der Waals surface area contributed by atoms with Crippen LogP contribution < -0.4 is 15.5 Å². The number of nitrogens with one attached hydrogen (secondary N) is 2. The van der Waals surface area contributed by atoms with E-state index in [0.717, 1.165) is 0 Å². The Balaban J connectivity index is 1.87. The predicted molar refractivity (Wildman–Crippen MR) is 92.3 cm³/mol. The quantitative estimate of drug-likeness (QED) is 0.612. The largest absolute Gasteiger partial charge is 0.442 e. The normalized spacial score (nSPS) is 14.1. The number of pyridine rings is 1. The Bertz CT molecular complexity index is 826. The molecular formula is C14H15BrN6O4. The summed E-state index contributed by atoms with van der Waals surface area (Å²) in [6.45, 7) is 0.167. The van der Waals surface area contributed by atoms with Crippen molar-refractivity contribution >= 4 is 50.6 Å². The van der Waals surface area contributed by atoms with E-state index in [2.05, 4.69) is 41.5 Å². The Morgan fingerprint density at radius 1 is 1.40 bits per heavy atom. The van der Waals surface area contributed by atoms with Gasteiger partial charge in [0.25, 0.3) is 5.91 Å². The van der Waals surface area contributed by atoms with Crippen LogP contribution in [-0.4, -0.2) is 64.9 Å². The summed E-state index contributed by atoms with van der Waals surface area (Å²) in [6, 6.07) is 1.67. The maximum absolute atomic E-state index is 11.6. The molecule has 3 N–H and O–H groups in total. The molecule has 2 amide bonds. The van der Waals surface area contributed by atoms with Gasteiger partial charge in [-0.15, -0.1) is 0 Å². The van der Waals surface area contributed by atoms with E-state index < -0.39 is 18.6 Å². The van der Waals surface area contributed by atoms with Gasteiger partial charge >= 0.3 is 6.09 Å². The second kappa shape index (κ2) is 7.15. The molecule has 3 heterocycles. The second-order valence-electron chi connectivity index (χ2n) is 5.28. The lowest BCUT2D eigenvalue weighted by atomic mass is 10.1. The van der Waals surface area contributed by atoms with Crippen LogP contribution in [0.4, 0.5) is 16.4 Å². The standard InChI is InChI=1S/C14H15BrN6O4/c1-16-14(24)25-7-4-21(5-7)13-12(20-11(23)6-22)18-8-2-10(15)17-3-9(8)19-13/h2-3,7,22H,4-6H2,1H3,(H,16,24)(H,18,20,23). The van der Waals surface area contributed by atoms with Gasteiger partial charge in [-0.25, -0.2) is 19.7 Å². The Morgan fingerprint density at radius 3 is 2.84 bits per heavy atom. The first-order chi connectivity index (χ1) is 12.0. The molecule has 0 atom stereocenters. The number of halogens is 1. The minimum atomic E-state index is -0.665. The number of carbonyl (C=O) groups is 2. The molecule has 0 aromatic carbocycles. The van der Waals surface area contributed by atoms with Crippen molar-refractivity contribution in [3.8, 4) is 0 Å². The number of aliphatic hydroxyl groups is 1. The molecule has 11 heteroatoms. The molecular weight excluding hydrogens is 396 g/mol. The minimum absolute atomic E-state index is 0.225. The number of ether oxygens (including phenoxy) is 1. The molecule has 0 radical (unpaired) electrons. The van der Waals surface area contributed by atoms with Crippen LogP contribution in [0.3, 0.4) is 0 Å². The Morgan fingerprint density at radius 2 is 2.16 bits per heavy atom. The van der Waals surface area contributed by atoms with E-state index in [1.165, 1.54) is 7.05 Å². The number of alkyl carbamates (subject to hydrolysis) is 1. The molecule has 0 unspecified atom stereocenters. The SMILES string of the molecule is CNC(=O)OC1CN(c2nc3cnc(Br)cc3nc2NC(=O)CO)C1. The molecule has 1 saturated heterocycles. The van der Waals surface area contributed by atoms with Gasteiger partial charge in [-0.05, 0) is 22.0 Å². The number of anilines is 2. The average molecular weight is 411 g/mol. The molecule has 132 valence electrons. The highest BCUT2D eigenvalue weighted by molar-refractivity contribution is 9.10. The maximum Gasteiger partial charge on any atom is 0.407 e. The van der Waals surface area contributed by atoms with E-state index in [4.69, 9.17) is 9.84 Å². The highest BCUT2D eigenvalue weighted by Gasteiger charge is 2.33. The number of hydrogen-bond acceptors (Lipinski definition) is 8. The number of fused-ring (bicyclic) bond motifs is 1. The van der Waals surface area contributed by atoms with Crippen LogP contribution in [0.5, 0.6) is 0 Å². The first-order valence-electron chi connectivity index (χ1n) is 7.37. The van der Waals surface area contributed by atoms with E-state index in [9.17, 15) is 9.59 Å². The van der Waals surface area contributed by atoms with Crippen LogP contribution in [0, 0.1) is 0 Å². The molecule has 0 saturated carbocycles. The van der Waals surface area contributed by atoms with E-state index in [-0.39, 0.29) is 11.9 Å². The third-order valence-corrected chi connectivity index (χ3v) is 3.96. The van der Waals surface area contributed by atoms with Gasteiger partial charge in [0.1, 0.15) is 22.8 Å². The van der Waals surface area contributed by atoms with Crippen molar-refractivity contribution in [1.82, 2.24) is 20.3 Å². The lowest BCUT2D eigenvalue weighted by molar-refractivity contribution is -0.118. The molecule has 2 aromatic heterocycles. The third-order valence-electron chi connectivity index (χ3n) is 3.53. The minimum Gasteiger partial charge on any atom is -0.442 e. The van der Waals surface area contributed by atoms with Gasteiger partial charge in [0.15, 0.2) is 11.6 Å². The van der Waals surface area contributed by atoms with Crippen LogP contribution in [0.2, 0.25) is 0 Å². The topological polar surface area (TPSA) is 130 Å². The number of rotatable bonds is 4. The van der Waals surface area contributed by atoms with Crippen molar-refractivity contribution in [3.05, 3.63) is 16.9 Å². The van der Waals surface area contributed by atoms with Gasteiger partial charge in [0, 0.05) is 7.05 Å². The monoisotopic (exact) mass is 410 g/mol. The lowest BCUT2D eigenvalue weighted by Crippen LogP contribution is -2.54. The van der Waals surface area contributed by atoms with Crippen molar-refractivity contribution in [1.29, 1.82) is 0 Å². The molecule has 1 fully saturated rings. The molecule has 2 aromatic rings. The summed E-state index contributed by atoms with van der Waals surface area (Å²) >= 11 is 3.26. The number of aromatic nitrogens is 3. The second-order valence-corrected chi connectivity index (χ2v) is 6.09. The Hall–Kier alpha value is -2.53. The summed E-state index contributed by atoms with van der Waals surface area (Å²) in [5.41, 5.74) is 1.09. The van der Waals surface area contributed by atoms with E-state index >= 15 is 0 Å². The summed E-state index contributed by atoms with van der Waals surface area (Å²) < 4.78 is 5.73. The summed E-state index contributed by atoms with van der Waals surface area (Å²) in [4.78, 5) is 37.6. The van der Waals surface area contributed by atoms with Crippen molar-refractivity contribution < 1.29 is 19.4 Å². The fourth-order valence-corrected chi connectivity index (χ4v) is 2.62. The molecule has 3 rings (SSSR count). The summed E-state index contributed by atoms with van der Waals surface area (Å²) in [5, 5.41) is 13.9. The van der Waals surface area contributed by atoms with Gasteiger partial charge in [-0.1, -0.05) is 0 Å². The first-order valence-corrected chi connectivity index (χ1v) is 8.16. The van der Waals surface area contributed by atoms with Gasteiger partial charge in [-0.2, -0.15) is 0 Å². The summed E-state index contributed by atoms with van der Waals surface area (Å²) in [5.74, 6) is 0.0555. The smallest absolute Gasteiger partial charge is 0.407 e. The number of aliphatic hydroxyl groups excluding tert-OH is 1. The predicted octanol–water partition coefficient (Wildman–Crippen LogP) is 0.263.